The van der Waals surface area contributed by atoms with Gasteiger partial charge in [0.15, 0.2) is 0 Å². The predicted octanol–water partition coefficient (Wildman–Crippen LogP) is -0.0964. The van der Waals surface area contributed by atoms with Gasteiger partial charge in [0.05, 0.1) is 13.2 Å². The van der Waals surface area contributed by atoms with E-state index in [1.165, 1.54) is 30.5 Å². The van der Waals surface area contributed by atoms with Gasteiger partial charge in [-0.15, -0.1) is 0 Å². The highest BCUT2D eigenvalue weighted by atomic mass is 16.5. The molecular formula is C18H29N3O7. The highest BCUT2D eigenvalue weighted by Crippen LogP contribution is 2.05. The molecule has 1 saturated heterocycles. The SMILES string of the molecule is Cc1cc(=O)n(C)c(=O)n1CCCCCCN1CCOCC1.O=C(O)C(=O)O. The maximum absolute atomic E-state index is 12.0. The van der Waals surface area contributed by atoms with Crippen LogP contribution in [0.25, 0.3) is 0 Å². The summed E-state index contributed by atoms with van der Waals surface area (Å²) in [5.74, 6) is -3.65. The summed E-state index contributed by atoms with van der Waals surface area (Å²) in [4.78, 5) is 44.2. The van der Waals surface area contributed by atoms with Crippen LogP contribution in [0.2, 0.25) is 0 Å². The summed E-state index contributed by atoms with van der Waals surface area (Å²) < 4.78 is 8.21. The lowest BCUT2D eigenvalue weighted by Gasteiger charge is -2.26. The summed E-state index contributed by atoms with van der Waals surface area (Å²) in [6.07, 6.45) is 4.46. The molecule has 1 fully saturated rings. The zero-order chi connectivity index (χ0) is 21.1. The van der Waals surface area contributed by atoms with E-state index >= 15 is 0 Å². The number of aromatic nitrogens is 2. The van der Waals surface area contributed by atoms with Crippen LogP contribution in [-0.4, -0.2) is 69.0 Å². The molecule has 0 bridgehead atoms. The van der Waals surface area contributed by atoms with E-state index < -0.39 is 11.9 Å². The Morgan fingerprint density at radius 2 is 1.54 bits per heavy atom. The van der Waals surface area contributed by atoms with Crippen LogP contribution in [0.4, 0.5) is 0 Å². The number of hydrogen-bond acceptors (Lipinski definition) is 6. The van der Waals surface area contributed by atoms with E-state index in [4.69, 9.17) is 24.5 Å². The Bertz CT molecular complexity index is 751. The molecule has 0 radical (unpaired) electrons. The standard InChI is InChI=1S/C16H27N3O3.C2H2O4/c1-14-13-15(20)17(2)16(21)19(14)8-6-4-3-5-7-18-9-11-22-12-10-18;3-1(4)2(5)6/h13H,3-12H2,1-2H3;(H,3,4)(H,5,6). The second kappa shape index (κ2) is 12.1. The van der Waals surface area contributed by atoms with Crippen molar-refractivity contribution in [3.8, 4) is 0 Å². The fourth-order valence-electron chi connectivity index (χ4n) is 2.84. The number of nitrogens with zero attached hydrogens (tertiary/aromatic N) is 3. The van der Waals surface area contributed by atoms with Crippen molar-refractivity contribution in [1.29, 1.82) is 0 Å². The van der Waals surface area contributed by atoms with E-state index in [0.29, 0.717) is 6.54 Å². The van der Waals surface area contributed by atoms with Gasteiger partial charge in [0, 0.05) is 38.4 Å². The monoisotopic (exact) mass is 399 g/mol. The van der Waals surface area contributed by atoms with Crippen LogP contribution in [0.5, 0.6) is 0 Å². The van der Waals surface area contributed by atoms with E-state index in [2.05, 4.69) is 4.90 Å². The van der Waals surface area contributed by atoms with Gasteiger partial charge < -0.3 is 14.9 Å². The highest BCUT2D eigenvalue weighted by Gasteiger charge is 2.09. The van der Waals surface area contributed by atoms with Gasteiger partial charge in [-0.25, -0.2) is 14.4 Å². The van der Waals surface area contributed by atoms with Crippen LogP contribution in [0.3, 0.4) is 0 Å². The number of rotatable bonds is 7. The number of ether oxygens (including phenoxy) is 1. The Balaban J connectivity index is 0.000000568. The molecule has 2 rings (SSSR count). The Labute approximate surface area is 163 Å². The number of carbonyl (C=O) groups is 2. The van der Waals surface area contributed by atoms with Crippen molar-refractivity contribution in [3.63, 3.8) is 0 Å². The topological polar surface area (TPSA) is 131 Å². The normalized spacial score (nSPS) is 14.2. The molecule has 2 heterocycles. The molecule has 1 aromatic rings. The van der Waals surface area contributed by atoms with Crippen molar-refractivity contribution in [2.45, 2.75) is 39.2 Å². The lowest BCUT2D eigenvalue weighted by molar-refractivity contribution is -0.159. The largest absolute Gasteiger partial charge is 0.473 e. The Kier molecular flexibility index (Phi) is 10.2. The lowest BCUT2D eigenvalue weighted by Crippen LogP contribution is -2.38. The predicted molar refractivity (Wildman–Crippen MR) is 102 cm³/mol. The Hall–Kier alpha value is -2.46. The van der Waals surface area contributed by atoms with E-state index in [-0.39, 0.29) is 11.2 Å². The minimum Gasteiger partial charge on any atom is -0.473 e. The summed E-state index contributed by atoms with van der Waals surface area (Å²) >= 11 is 0. The Morgan fingerprint density at radius 3 is 2.07 bits per heavy atom. The first kappa shape index (κ1) is 23.6. The lowest BCUT2D eigenvalue weighted by atomic mass is 10.2. The van der Waals surface area contributed by atoms with Gasteiger partial charge in [-0.3, -0.25) is 18.8 Å². The molecule has 1 aliphatic heterocycles. The molecule has 1 aromatic heterocycles. The Morgan fingerprint density at radius 1 is 1.00 bits per heavy atom. The van der Waals surface area contributed by atoms with E-state index in [1.807, 2.05) is 6.92 Å². The number of aliphatic carboxylic acids is 2. The third-order valence-electron chi connectivity index (χ3n) is 4.50. The molecule has 10 heteroatoms. The first-order valence-electron chi connectivity index (χ1n) is 9.27. The minimum absolute atomic E-state index is 0.210. The number of unbranched alkanes of at least 4 members (excludes halogenated alkanes) is 3. The maximum atomic E-state index is 12.0. The molecule has 2 N–H and O–H groups in total. The minimum atomic E-state index is -1.82. The summed E-state index contributed by atoms with van der Waals surface area (Å²) in [5.41, 5.74) is 0.309. The zero-order valence-corrected chi connectivity index (χ0v) is 16.4. The van der Waals surface area contributed by atoms with Crippen molar-refractivity contribution < 1.29 is 24.5 Å². The van der Waals surface area contributed by atoms with Crippen molar-refractivity contribution in [2.75, 3.05) is 32.8 Å². The van der Waals surface area contributed by atoms with Crippen molar-refractivity contribution in [2.24, 2.45) is 7.05 Å². The third kappa shape index (κ3) is 8.05. The first-order chi connectivity index (χ1) is 13.2. The smallest absolute Gasteiger partial charge is 0.414 e. The summed E-state index contributed by atoms with van der Waals surface area (Å²) in [5, 5.41) is 14.8. The molecule has 10 nitrogen and oxygen atoms in total. The molecule has 0 atom stereocenters. The second-order valence-electron chi connectivity index (χ2n) is 6.60. The average Bonchev–Trinajstić information content (AvgIpc) is 2.66. The summed E-state index contributed by atoms with van der Waals surface area (Å²) in [6.45, 7) is 7.46. The number of aryl methyl sites for hydroxylation is 1. The van der Waals surface area contributed by atoms with Gasteiger partial charge in [-0.05, 0) is 26.3 Å². The molecular weight excluding hydrogens is 370 g/mol. The average molecular weight is 399 g/mol. The van der Waals surface area contributed by atoms with Crippen molar-refractivity contribution in [3.05, 3.63) is 32.6 Å². The van der Waals surface area contributed by atoms with Crippen LogP contribution in [-0.2, 0) is 27.9 Å². The van der Waals surface area contributed by atoms with E-state index in [9.17, 15) is 9.59 Å². The zero-order valence-electron chi connectivity index (χ0n) is 16.4. The molecule has 0 amide bonds. The fraction of sp³-hybridized carbons (Fsp3) is 0.667. The van der Waals surface area contributed by atoms with Crippen LogP contribution in [0.15, 0.2) is 15.7 Å². The quantitative estimate of drug-likeness (QED) is 0.480. The van der Waals surface area contributed by atoms with E-state index in [0.717, 1.165) is 51.4 Å². The van der Waals surface area contributed by atoms with Crippen LogP contribution < -0.4 is 11.2 Å². The van der Waals surface area contributed by atoms with Crippen molar-refractivity contribution >= 4 is 11.9 Å². The third-order valence-corrected chi connectivity index (χ3v) is 4.50. The van der Waals surface area contributed by atoms with E-state index in [1.54, 1.807) is 4.57 Å². The molecule has 0 saturated carbocycles. The fourth-order valence-corrected chi connectivity index (χ4v) is 2.84. The van der Waals surface area contributed by atoms with Gasteiger partial charge in [0.2, 0.25) is 0 Å². The van der Waals surface area contributed by atoms with Crippen LogP contribution in [0.1, 0.15) is 31.4 Å². The van der Waals surface area contributed by atoms with Gasteiger partial charge in [0.1, 0.15) is 0 Å². The molecule has 1 aliphatic rings. The number of hydrogen-bond donors (Lipinski definition) is 2. The second-order valence-corrected chi connectivity index (χ2v) is 6.60. The molecule has 0 aliphatic carbocycles. The van der Waals surface area contributed by atoms with Gasteiger partial charge in [-0.2, -0.15) is 0 Å². The molecule has 0 unspecified atom stereocenters. The van der Waals surface area contributed by atoms with Gasteiger partial charge in [-0.1, -0.05) is 12.8 Å². The van der Waals surface area contributed by atoms with Gasteiger partial charge in [0.25, 0.3) is 5.56 Å². The first-order valence-corrected chi connectivity index (χ1v) is 9.27. The van der Waals surface area contributed by atoms with Crippen LogP contribution >= 0.6 is 0 Å². The van der Waals surface area contributed by atoms with Crippen molar-refractivity contribution in [1.82, 2.24) is 14.0 Å². The summed E-state index contributed by atoms with van der Waals surface area (Å²) in [7, 11) is 1.53. The van der Waals surface area contributed by atoms with Crippen LogP contribution in [0, 0.1) is 6.92 Å². The molecule has 0 spiro atoms. The molecule has 28 heavy (non-hydrogen) atoms. The summed E-state index contributed by atoms with van der Waals surface area (Å²) in [6, 6.07) is 1.53. The number of carboxylic acid groups (broad SMARTS) is 2. The number of morpholine rings is 1. The molecule has 158 valence electrons. The van der Waals surface area contributed by atoms with Gasteiger partial charge >= 0.3 is 17.6 Å². The highest BCUT2D eigenvalue weighted by molar-refractivity contribution is 6.27. The maximum Gasteiger partial charge on any atom is 0.414 e. The molecule has 0 aromatic carbocycles. The number of carboxylic acids is 2.